The van der Waals surface area contributed by atoms with Gasteiger partial charge in [-0.3, -0.25) is 9.59 Å². The Hall–Kier alpha value is -0.860. The number of aliphatic carboxylic acids is 1. The first-order valence-corrected chi connectivity index (χ1v) is 4.44. The molecular weight excluding hydrogens is 156 g/mol. The number of carbonyl (C=O) groups is 2. The number of hydrogen-bond acceptors (Lipinski definition) is 2. The summed E-state index contributed by atoms with van der Waals surface area (Å²) in [4.78, 5) is 21.7. The molecule has 0 aliphatic heterocycles. The van der Waals surface area contributed by atoms with E-state index in [2.05, 4.69) is 0 Å². The molecule has 0 aromatic heterocycles. The van der Waals surface area contributed by atoms with Crippen molar-refractivity contribution in [2.24, 2.45) is 5.92 Å². The van der Waals surface area contributed by atoms with Crippen molar-refractivity contribution in [3.63, 3.8) is 0 Å². The Kier molecular flexibility index (Phi) is 3.26. The standard InChI is InChI=1S/C9H14O3/c10-8-5-3-1-2-4-7(6-8)9(11)12/h7H,1-6H2,(H,11,12). The van der Waals surface area contributed by atoms with Crippen LogP contribution in [0.1, 0.15) is 38.5 Å². The van der Waals surface area contributed by atoms with Crippen molar-refractivity contribution in [1.82, 2.24) is 0 Å². The van der Waals surface area contributed by atoms with E-state index in [0.717, 1.165) is 19.3 Å². The highest BCUT2D eigenvalue weighted by atomic mass is 16.4. The summed E-state index contributed by atoms with van der Waals surface area (Å²) in [5.41, 5.74) is 0. The third-order valence-corrected chi connectivity index (χ3v) is 2.33. The van der Waals surface area contributed by atoms with Gasteiger partial charge < -0.3 is 5.11 Å². The maximum absolute atomic E-state index is 11.1. The first-order valence-electron chi connectivity index (χ1n) is 4.44. The minimum Gasteiger partial charge on any atom is -0.481 e. The van der Waals surface area contributed by atoms with Crippen LogP contribution in [0.4, 0.5) is 0 Å². The van der Waals surface area contributed by atoms with E-state index in [1.54, 1.807) is 0 Å². The second-order valence-corrected chi connectivity index (χ2v) is 3.38. The second kappa shape index (κ2) is 4.24. The molecule has 0 spiro atoms. The van der Waals surface area contributed by atoms with Gasteiger partial charge in [-0.25, -0.2) is 0 Å². The molecule has 3 nitrogen and oxygen atoms in total. The van der Waals surface area contributed by atoms with Gasteiger partial charge in [-0.2, -0.15) is 0 Å². The van der Waals surface area contributed by atoms with Crippen LogP contribution in [0.15, 0.2) is 0 Å². The summed E-state index contributed by atoms with van der Waals surface area (Å²) in [5, 5.41) is 8.72. The zero-order valence-electron chi connectivity index (χ0n) is 7.08. The fourth-order valence-electron chi connectivity index (χ4n) is 1.58. The van der Waals surface area contributed by atoms with Crippen LogP contribution in [-0.4, -0.2) is 16.9 Å². The maximum Gasteiger partial charge on any atom is 0.306 e. The van der Waals surface area contributed by atoms with Gasteiger partial charge in [0.2, 0.25) is 0 Å². The second-order valence-electron chi connectivity index (χ2n) is 3.38. The van der Waals surface area contributed by atoms with Gasteiger partial charge in [-0.15, -0.1) is 0 Å². The molecule has 1 aliphatic rings. The van der Waals surface area contributed by atoms with Crippen LogP contribution < -0.4 is 0 Å². The summed E-state index contributed by atoms with van der Waals surface area (Å²) >= 11 is 0. The maximum atomic E-state index is 11.1. The molecule has 1 unspecified atom stereocenters. The Balaban J connectivity index is 2.49. The van der Waals surface area contributed by atoms with Gasteiger partial charge in [0.1, 0.15) is 5.78 Å². The molecule has 3 heteroatoms. The van der Waals surface area contributed by atoms with Crippen molar-refractivity contribution in [3.8, 4) is 0 Å². The zero-order chi connectivity index (χ0) is 8.97. The summed E-state index contributed by atoms with van der Waals surface area (Å²) in [5.74, 6) is -1.12. The Morgan fingerprint density at radius 3 is 2.75 bits per heavy atom. The van der Waals surface area contributed by atoms with E-state index in [9.17, 15) is 9.59 Å². The van der Waals surface area contributed by atoms with E-state index in [1.165, 1.54) is 0 Å². The number of rotatable bonds is 1. The molecule has 0 aromatic rings. The molecule has 0 amide bonds. The molecule has 1 saturated carbocycles. The quantitative estimate of drug-likeness (QED) is 0.650. The van der Waals surface area contributed by atoms with E-state index in [0.29, 0.717) is 12.8 Å². The average Bonchev–Trinajstić information content (AvgIpc) is 1.95. The Labute approximate surface area is 71.8 Å². The number of carboxylic acid groups (broad SMARTS) is 1. The fraction of sp³-hybridized carbons (Fsp3) is 0.778. The highest BCUT2D eigenvalue weighted by Gasteiger charge is 2.21. The normalized spacial score (nSPS) is 26.0. The molecule has 68 valence electrons. The van der Waals surface area contributed by atoms with E-state index in [1.807, 2.05) is 0 Å². The Bertz CT molecular complexity index is 186. The topological polar surface area (TPSA) is 54.4 Å². The monoisotopic (exact) mass is 170 g/mol. The van der Waals surface area contributed by atoms with Gasteiger partial charge >= 0.3 is 5.97 Å². The number of Topliss-reactive ketones (excluding diaryl/α,β-unsaturated/α-hetero) is 1. The molecule has 1 N–H and O–H groups in total. The van der Waals surface area contributed by atoms with Crippen LogP contribution in [0.5, 0.6) is 0 Å². The summed E-state index contributed by atoms with van der Waals surface area (Å²) < 4.78 is 0. The molecule has 1 atom stereocenters. The molecule has 0 bridgehead atoms. The van der Waals surface area contributed by atoms with E-state index < -0.39 is 11.9 Å². The molecule has 1 rings (SSSR count). The van der Waals surface area contributed by atoms with Crippen LogP contribution in [0.3, 0.4) is 0 Å². The lowest BCUT2D eigenvalue weighted by molar-refractivity contribution is -0.144. The van der Waals surface area contributed by atoms with Gasteiger partial charge in [0, 0.05) is 12.8 Å². The fourth-order valence-corrected chi connectivity index (χ4v) is 1.58. The van der Waals surface area contributed by atoms with Gasteiger partial charge in [0.25, 0.3) is 0 Å². The molecule has 0 heterocycles. The van der Waals surface area contributed by atoms with Crippen LogP contribution >= 0.6 is 0 Å². The lowest BCUT2D eigenvalue weighted by atomic mass is 9.91. The van der Waals surface area contributed by atoms with Gasteiger partial charge in [-0.1, -0.05) is 12.8 Å². The first-order chi connectivity index (χ1) is 5.70. The molecule has 0 radical (unpaired) electrons. The smallest absolute Gasteiger partial charge is 0.306 e. The summed E-state index contributed by atoms with van der Waals surface area (Å²) in [6, 6.07) is 0. The largest absolute Gasteiger partial charge is 0.481 e. The molecule has 1 fully saturated rings. The first kappa shape index (κ1) is 9.23. The van der Waals surface area contributed by atoms with E-state index in [4.69, 9.17) is 5.11 Å². The number of hydrogen-bond donors (Lipinski definition) is 1. The van der Waals surface area contributed by atoms with Crippen LogP contribution in [0.25, 0.3) is 0 Å². The van der Waals surface area contributed by atoms with Crippen molar-refractivity contribution in [1.29, 1.82) is 0 Å². The Morgan fingerprint density at radius 1 is 1.33 bits per heavy atom. The highest BCUT2D eigenvalue weighted by Crippen LogP contribution is 2.20. The highest BCUT2D eigenvalue weighted by molar-refractivity contribution is 5.83. The summed E-state index contributed by atoms with van der Waals surface area (Å²) in [7, 11) is 0. The third-order valence-electron chi connectivity index (χ3n) is 2.33. The van der Waals surface area contributed by atoms with Crippen molar-refractivity contribution in [2.45, 2.75) is 38.5 Å². The lowest BCUT2D eigenvalue weighted by Gasteiger charge is -2.14. The lowest BCUT2D eigenvalue weighted by Crippen LogP contribution is -2.19. The molecule has 1 aliphatic carbocycles. The Morgan fingerprint density at radius 2 is 2.08 bits per heavy atom. The van der Waals surface area contributed by atoms with Gasteiger partial charge in [0.05, 0.1) is 5.92 Å². The number of carboxylic acids is 1. The van der Waals surface area contributed by atoms with Gasteiger partial charge in [-0.05, 0) is 12.8 Å². The minimum atomic E-state index is -0.815. The van der Waals surface area contributed by atoms with Crippen LogP contribution in [0.2, 0.25) is 0 Å². The molecular formula is C9H14O3. The molecule has 12 heavy (non-hydrogen) atoms. The third kappa shape index (κ3) is 2.64. The van der Waals surface area contributed by atoms with E-state index >= 15 is 0 Å². The molecule has 0 saturated heterocycles. The predicted molar refractivity (Wildman–Crippen MR) is 43.8 cm³/mol. The average molecular weight is 170 g/mol. The zero-order valence-corrected chi connectivity index (χ0v) is 7.08. The van der Waals surface area contributed by atoms with Crippen molar-refractivity contribution < 1.29 is 14.7 Å². The van der Waals surface area contributed by atoms with Crippen molar-refractivity contribution in [2.75, 3.05) is 0 Å². The van der Waals surface area contributed by atoms with Crippen LogP contribution in [0, 0.1) is 5.92 Å². The van der Waals surface area contributed by atoms with Gasteiger partial charge in [0.15, 0.2) is 0 Å². The SMILES string of the molecule is O=C1CCCCCC(C(=O)O)C1. The molecule has 0 aromatic carbocycles. The van der Waals surface area contributed by atoms with Crippen molar-refractivity contribution in [3.05, 3.63) is 0 Å². The number of carbonyl (C=O) groups excluding carboxylic acids is 1. The van der Waals surface area contributed by atoms with Crippen molar-refractivity contribution >= 4 is 11.8 Å². The predicted octanol–water partition coefficient (Wildman–Crippen LogP) is 1.61. The number of ketones is 1. The summed E-state index contributed by atoms with van der Waals surface area (Å²) in [6.07, 6.45) is 4.37. The van der Waals surface area contributed by atoms with E-state index in [-0.39, 0.29) is 12.2 Å². The summed E-state index contributed by atoms with van der Waals surface area (Å²) in [6.45, 7) is 0. The van der Waals surface area contributed by atoms with Crippen LogP contribution in [-0.2, 0) is 9.59 Å². The minimum absolute atomic E-state index is 0.113.